The van der Waals surface area contributed by atoms with Gasteiger partial charge < -0.3 is 0 Å². The molecular formula is C12H23N. The summed E-state index contributed by atoms with van der Waals surface area (Å²) in [6, 6.07) is 1.81. The normalized spacial score (nSPS) is 39.0. The Bertz CT molecular complexity index is 184. The van der Waals surface area contributed by atoms with E-state index in [0.29, 0.717) is 5.41 Å². The summed E-state index contributed by atoms with van der Waals surface area (Å²) in [7, 11) is 0. The molecule has 0 N–H and O–H groups in total. The van der Waals surface area contributed by atoms with Gasteiger partial charge >= 0.3 is 0 Å². The highest BCUT2D eigenvalue weighted by Crippen LogP contribution is 2.43. The summed E-state index contributed by atoms with van der Waals surface area (Å²) >= 11 is 0. The van der Waals surface area contributed by atoms with Crippen LogP contribution in [0.1, 0.15) is 52.9 Å². The van der Waals surface area contributed by atoms with Crippen molar-refractivity contribution in [3.05, 3.63) is 0 Å². The molecule has 1 saturated carbocycles. The third kappa shape index (κ3) is 1.52. The zero-order chi connectivity index (χ0) is 9.47. The fraction of sp³-hybridized carbons (Fsp3) is 1.00. The standard InChI is InChI=1S/C12H23N/c1-4-10-7-9-13(10)11-6-5-8-12(11,2)3/h10-11H,4-9H2,1-3H3. The molecule has 2 unspecified atom stereocenters. The van der Waals surface area contributed by atoms with Gasteiger partial charge in [0.05, 0.1) is 0 Å². The van der Waals surface area contributed by atoms with Gasteiger partial charge in [0.1, 0.15) is 0 Å². The van der Waals surface area contributed by atoms with Crippen molar-refractivity contribution in [1.29, 1.82) is 0 Å². The van der Waals surface area contributed by atoms with Gasteiger partial charge in [-0.1, -0.05) is 27.2 Å². The second kappa shape index (κ2) is 3.27. The maximum atomic E-state index is 2.77. The highest BCUT2D eigenvalue weighted by Gasteiger charge is 2.43. The van der Waals surface area contributed by atoms with Crippen molar-refractivity contribution in [3.63, 3.8) is 0 Å². The molecule has 76 valence electrons. The Morgan fingerprint density at radius 1 is 1.31 bits per heavy atom. The summed E-state index contributed by atoms with van der Waals surface area (Å²) in [6.07, 6.45) is 7.13. The van der Waals surface area contributed by atoms with Crippen LogP contribution in [0.15, 0.2) is 0 Å². The van der Waals surface area contributed by atoms with Crippen molar-refractivity contribution in [2.24, 2.45) is 5.41 Å². The van der Waals surface area contributed by atoms with Crippen LogP contribution < -0.4 is 0 Å². The van der Waals surface area contributed by atoms with Gasteiger partial charge in [0, 0.05) is 18.6 Å². The first-order valence-corrected chi connectivity index (χ1v) is 5.91. The minimum Gasteiger partial charge on any atom is -0.297 e. The highest BCUT2D eigenvalue weighted by molar-refractivity contribution is 4.97. The number of rotatable bonds is 2. The number of hydrogen-bond donors (Lipinski definition) is 0. The molecule has 0 radical (unpaired) electrons. The van der Waals surface area contributed by atoms with Gasteiger partial charge in [-0.25, -0.2) is 0 Å². The van der Waals surface area contributed by atoms with Gasteiger partial charge in [0.25, 0.3) is 0 Å². The van der Waals surface area contributed by atoms with Gasteiger partial charge in [0.2, 0.25) is 0 Å². The van der Waals surface area contributed by atoms with Crippen LogP contribution in [-0.2, 0) is 0 Å². The van der Waals surface area contributed by atoms with E-state index in [1.54, 1.807) is 0 Å². The van der Waals surface area contributed by atoms with Crippen molar-refractivity contribution in [3.8, 4) is 0 Å². The lowest BCUT2D eigenvalue weighted by Gasteiger charge is -2.49. The van der Waals surface area contributed by atoms with Crippen LogP contribution in [-0.4, -0.2) is 23.5 Å². The minimum atomic E-state index is 0.591. The fourth-order valence-electron chi connectivity index (χ4n) is 3.23. The van der Waals surface area contributed by atoms with Crippen LogP contribution in [0.5, 0.6) is 0 Å². The topological polar surface area (TPSA) is 3.24 Å². The molecule has 0 bridgehead atoms. The SMILES string of the molecule is CCC1CCN1C1CCCC1(C)C. The van der Waals surface area contributed by atoms with Crippen molar-refractivity contribution in [2.75, 3.05) is 6.54 Å². The number of likely N-dealkylation sites (tertiary alicyclic amines) is 1. The molecule has 0 aromatic heterocycles. The minimum absolute atomic E-state index is 0.591. The molecule has 0 aromatic rings. The lowest BCUT2D eigenvalue weighted by molar-refractivity contribution is -0.00200. The van der Waals surface area contributed by atoms with E-state index in [0.717, 1.165) is 12.1 Å². The summed E-state index contributed by atoms with van der Waals surface area (Å²) in [5.74, 6) is 0. The number of hydrogen-bond acceptors (Lipinski definition) is 1. The van der Waals surface area contributed by atoms with Crippen molar-refractivity contribution in [2.45, 2.75) is 65.0 Å². The Kier molecular flexibility index (Phi) is 2.39. The average molecular weight is 181 g/mol. The maximum absolute atomic E-state index is 2.77. The molecule has 0 aromatic carbocycles. The fourth-order valence-corrected chi connectivity index (χ4v) is 3.23. The van der Waals surface area contributed by atoms with E-state index in [1.165, 1.54) is 38.6 Å². The van der Waals surface area contributed by atoms with Gasteiger partial charge in [-0.2, -0.15) is 0 Å². The van der Waals surface area contributed by atoms with Crippen molar-refractivity contribution in [1.82, 2.24) is 4.90 Å². The molecule has 1 aliphatic carbocycles. The molecule has 1 heteroatoms. The zero-order valence-corrected chi connectivity index (χ0v) is 9.34. The zero-order valence-electron chi connectivity index (χ0n) is 9.34. The average Bonchev–Trinajstić information content (AvgIpc) is 2.30. The first-order chi connectivity index (χ1) is 6.15. The lowest BCUT2D eigenvalue weighted by atomic mass is 9.83. The maximum Gasteiger partial charge on any atom is 0.0149 e. The van der Waals surface area contributed by atoms with Gasteiger partial charge in [-0.15, -0.1) is 0 Å². The predicted octanol–water partition coefficient (Wildman–Crippen LogP) is 3.05. The van der Waals surface area contributed by atoms with Crippen LogP contribution in [0.3, 0.4) is 0 Å². The van der Waals surface area contributed by atoms with E-state index in [9.17, 15) is 0 Å². The van der Waals surface area contributed by atoms with E-state index >= 15 is 0 Å². The summed E-state index contributed by atoms with van der Waals surface area (Å²) in [4.78, 5) is 2.77. The summed E-state index contributed by atoms with van der Waals surface area (Å²) in [6.45, 7) is 8.61. The molecule has 1 heterocycles. The van der Waals surface area contributed by atoms with E-state index in [-0.39, 0.29) is 0 Å². The summed E-state index contributed by atoms with van der Waals surface area (Å²) < 4.78 is 0. The monoisotopic (exact) mass is 181 g/mol. The molecule has 1 aliphatic heterocycles. The third-order valence-corrected chi connectivity index (χ3v) is 4.26. The highest BCUT2D eigenvalue weighted by atomic mass is 15.2. The van der Waals surface area contributed by atoms with Crippen molar-refractivity contribution < 1.29 is 0 Å². The first-order valence-electron chi connectivity index (χ1n) is 5.91. The molecule has 1 saturated heterocycles. The molecule has 2 atom stereocenters. The van der Waals surface area contributed by atoms with E-state index < -0.39 is 0 Å². The Balaban J connectivity index is 2.00. The molecule has 13 heavy (non-hydrogen) atoms. The quantitative estimate of drug-likeness (QED) is 0.633. The lowest BCUT2D eigenvalue weighted by Crippen LogP contribution is -2.55. The number of nitrogens with zero attached hydrogens (tertiary/aromatic N) is 1. The largest absolute Gasteiger partial charge is 0.297 e. The van der Waals surface area contributed by atoms with Crippen LogP contribution in [0, 0.1) is 5.41 Å². The Morgan fingerprint density at radius 3 is 2.46 bits per heavy atom. The third-order valence-electron chi connectivity index (χ3n) is 4.26. The van der Waals surface area contributed by atoms with E-state index in [4.69, 9.17) is 0 Å². The molecule has 2 aliphatic rings. The molecule has 0 amide bonds. The van der Waals surface area contributed by atoms with E-state index in [1.807, 2.05) is 0 Å². The van der Waals surface area contributed by atoms with E-state index in [2.05, 4.69) is 25.7 Å². The van der Waals surface area contributed by atoms with Gasteiger partial charge in [-0.3, -0.25) is 4.90 Å². The Hall–Kier alpha value is -0.0400. The second-order valence-corrected chi connectivity index (χ2v) is 5.49. The van der Waals surface area contributed by atoms with Crippen LogP contribution in [0.2, 0.25) is 0 Å². The molecule has 1 nitrogen and oxygen atoms in total. The molecule has 2 fully saturated rings. The van der Waals surface area contributed by atoms with Crippen LogP contribution >= 0.6 is 0 Å². The summed E-state index contributed by atoms with van der Waals surface area (Å²) in [5, 5.41) is 0. The Morgan fingerprint density at radius 2 is 2.08 bits per heavy atom. The Labute approximate surface area is 82.5 Å². The molecule has 2 rings (SSSR count). The molecule has 0 spiro atoms. The second-order valence-electron chi connectivity index (χ2n) is 5.49. The van der Waals surface area contributed by atoms with Crippen molar-refractivity contribution >= 4 is 0 Å². The predicted molar refractivity (Wildman–Crippen MR) is 56.8 cm³/mol. The van der Waals surface area contributed by atoms with Gasteiger partial charge in [-0.05, 0) is 31.1 Å². The first kappa shape index (κ1) is 9.51. The molecular weight excluding hydrogens is 158 g/mol. The smallest absolute Gasteiger partial charge is 0.0149 e. The van der Waals surface area contributed by atoms with Crippen LogP contribution in [0.25, 0.3) is 0 Å². The summed E-state index contributed by atoms with van der Waals surface area (Å²) in [5.41, 5.74) is 0.591. The van der Waals surface area contributed by atoms with Crippen LogP contribution in [0.4, 0.5) is 0 Å². The van der Waals surface area contributed by atoms with Gasteiger partial charge in [0.15, 0.2) is 0 Å².